The topological polar surface area (TPSA) is 58.2 Å². The molecule has 4 nitrogen and oxygen atoms in total. The first-order chi connectivity index (χ1) is 8.46. The summed E-state index contributed by atoms with van der Waals surface area (Å²) in [6.07, 6.45) is 0.979. The lowest BCUT2D eigenvalue weighted by molar-refractivity contribution is 0.595. The number of hydrogen-bond acceptors (Lipinski definition) is 3. The molecule has 0 unspecified atom stereocenters. The lowest BCUT2D eigenvalue weighted by Gasteiger charge is -2.10. The molecule has 0 radical (unpaired) electrons. The van der Waals surface area contributed by atoms with Crippen molar-refractivity contribution in [3.63, 3.8) is 0 Å². The SMILES string of the molecule is CCCNCCS(=O)(=O)Nc1cccc(Cl)c1Br. The molecule has 0 fully saturated rings. The van der Waals surface area contributed by atoms with E-state index in [1.807, 2.05) is 6.92 Å². The van der Waals surface area contributed by atoms with Gasteiger partial charge < -0.3 is 5.32 Å². The van der Waals surface area contributed by atoms with Crippen molar-refractivity contribution in [2.45, 2.75) is 13.3 Å². The van der Waals surface area contributed by atoms with Crippen LogP contribution in [0.5, 0.6) is 0 Å². The zero-order chi connectivity index (χ0) is 13.6. The van der Waals surface area contributed by atoms with Gasteiger partial charge in [-0.2, -0.15) is 0 Å². The van der Waals surface area contributed by atoms with E-state index >= 15 is 0 Å². The van der Waals surface area contributed by atoms with Crippen molar-refractivity contribution in [3.05, 3.63) is 27.7 Å². The molecule has 0 aliphatic rings. The third-order valence-corrected chi connectivity index (χ3v) is 4.86. The van der Waals surface area contributed by atoms with Gasteiger partial charge in [0.2, 0.25) is 10.0 Å². The Labute approximate surface area is 121 Å². The van der Waals surface area contributed by atoms with Gasteiger partial charge in [-0.25, -0.2) is 8.42 Å². The van der Waals surface area contributed by atoms with Crippen LogP contribution in [0.2, 0.25) is 5.02 Å². The molecule has 0 aliphatic carbocycles. The van der Waals surface area contributed by atoms with Gasteiger partial charge in [0.1, 0.15) is 0 Å². The van der Waals surface area contributed by atoms with E-state index in [1.165, 1.54) is 0 Å². The monoisotopic (exact) mass is 354 g/mol. The Hall–Kier alpha value is -0.300. The lowest BCUT2D eigenvalue weighted by atomic mass is 10.3. The minimum Gasteiger partial charge on any atom is -0.316 e. The molecule has 0 spiro atoms. The predicted octanol–water partition coefficient (Wildman–Crippen LogP) is 2.84. The molecule has 0 aliphatic heterocycles. The fourth-order valence-electron chi connectivity index (χ4n) is 1.31. The number of hydrogen-bond donors (Lipinski definition) is 2. The van der Waals surface area contributed by atoms with Gasteiger partial charge in [-0.15, -0.1) is 0 Å². The van der Waals surface area contributed by atoms with E-state index in [2.05, 4.69) is 26.0 Å². The summed E-state index contributed by atoms with van der Waals surface area (Å²) in [4.78, 5) is 0. The highest BCUT2D eigenvalue weighted by atomic mass is 79.9. The highest BCUT2D eigenvalue weighted by Gasteiger charge is 2.12. The average molecular weight is 356 g/mol. The summed E-state index contributed by atoms with van der Waals surface area (Å²) in [7, 11) is -3.36. The molecular weight excluding hydrogens is 340 g/mol. The first-order valence-electron chi connectivity index (χ1n) is 5.61. The molecule has 7 heteroatoms. The summed E-state index contributed by atoms with van der Waals surface area (Å²) in [5, 5.41) is 3.52. The summed E-state index contributed by atoms with van der Waals surface area (Å²) >= 11 is 9.15. The largest absolute Gasteiger partial charge is 0.316 e. The first-order valence-corrected chi connectivity index (χ1v) is 8.44. The number of nitrogens with one attached hydrogen (secondary N) is 2. The third-order valence-electron chi connectivity index (χ3n) is 2.19. The van der Waals surface area contributed by atoms with Gasteiger partial charge in [-0.1, -0.05) is 24.6 Å². The van der Waals surface area contributed by atoms with Crippen LogP contribution in [0.4, 0.5) is 5.69 Å². The van der Waals surface area contributed by atoms with Crippen molar-refractivity contribution >= 4 is 43.2 Å². The van der Waals surface area contributed by atoms with Crippen molar-refractivity contribution in [2.75, 3.05) is 23.6 Å². The van der Waals surface area contributed by atoms with Crippen molar-refractivity contribution in [2.24, 2.45) is 0 Å². The van der Waals surface area contributed by atoms with Crippen LogP contribution in [0.25, 0.3) is 0 Å². The Balaban J connectivity index is 2.62. The minimum absolute atomic E-state index is 0.0337. The zero-order valence-electron chi connectivity index (χ0n) is 10.0. The van der Waals surface area contributed by atoms with E-state index in [0.29, 0.717) is 21.7 Å². The summed E-state index contributed by atoms with van der Waals surface area (Å²) in [5.74, 6) is 0.0337. The number of anilines is 1. The Kier molecular flexibility index (Phi) is 6.42. The first kappa shape index (κ1) is 15.8. The number of halogens is 2. The summed E-state index contributed by atoms with van der Waals surface area (Å²) in [6, 6.07) is 5.04. The molecule has 0 bridgehead atoms. The minimum atomic E-state index is -3.36. The quantitative estimate of drug-likeness (QED) is 0.739. The molecule has 18 heavy (non-hydrogen) atoms. The van der Waals surface area contributed by atoms with Crippen LogP contribution in [-0.2, 0) is 10.0 Å². The normalized spacial score (nSPS) is 11.5. The third kappa shape index (κ3) is 5.14. The molecule has 1 aromatic rings. The van der Waals surface area contributed by atoms with Gasteiger partial charge in [0.15, 0.2) is 0 Å². The van der Waals surface area contributed by atoms with E-state index in [-0.39, 0.29) is 5.75 Å². The fourth-order valence-corrected chi connectivity index (χ4v) is 3.00. The molecule has 0 heterocycles. The van der Waals surface area contributed by atoms with E-state index in [1.54, 1.807) is 18.2 Å². The molecule has 0 saturated heterocycles. The smallest absolute Gasteiger partial charge is 0.234 e. The maximum absolute atomic E-state index is 11.8. The molecule has 0 saturated carbocycles. The van der Waals surface area contributed by atoms with Gasteiger partial charge in [-0.3, -0.25) is 4.72 Å². The summed E-state index contributed by atoms with van der Waals surface area (Å²) < 4.78 is 26.7. The van der Waals surface area contributed by atoms with Crippen molar-refractivity contribution in [1.29, 1.82) is 0 Å². The van der Waals surface area contributed by atoms with E-state index in [4.69, 9.17) is 11.6 Å². The second-order valence-electron chi connectivity index (χ2n) is 3.77. The molecule has 0 amide bonds. The molecule has 1 rings (SSSR count). The molecule has 1 aromatic carbocycles. The number of benzene rings is 1. The van der Waals surface area contributed by atoms with Crippen LogP contribution in [0.1, 0.15) is 13.3 Å². The van der Waals surface area contributed by atoms with Crippen molar-refractivity contribution in [1.82, 2.24) is 5.32 Å². The number of rotatable bonds is 7. The molecule has 2 N–H and O–H groups in total. The van der Waals surface area contributed by atoms with Gasteiger partial charge in [0.25, 0.3) is 0 Å². The van der Waals surface area contributed by atoms with Crippen LogP contribution >= 0.6 is 27.5 Å². The van der Waals surface area contributed by atoms with Crippen molar-refractivity contribution < 1.29 is 8.42 Å². The lowest BCUT2D eigenvalue weighted by Crippen LogP contribution is -2.27. The van der Waals surface area contributed by atoms with E-state index in [9.17, 15) is 8.42 Å². The zero-order valence-corrected chi connectivity index (χ0v) is 13.2. The maximum atomic E-state index is 11.8. The predicted molar refractivity (Wildman–Crippen MR) is 79.7 cm³/mol. The molecule has 102 valence electrons. The second kappa shape index (κ2) is 7.33. The van der Waals surface area contributed by atoms with Crippen LogP contribution in [-0.4, -0.2) is 27.3 Å². The Bertz CT molecular complexity index is 494. The Morgan fingerprint density at radius 3 is 2.72 bits per heavy atom. The molecular formula is C11H16BrClN2O2S. The maximum Gasteiger partial charge on any atom is 0.234 e. The second-order valence-corrected chi connectivity index (χ2v) is 6.81. The molecule has 0 aromatic heterocycles. The average Bonchev–Trinajstić information content (AvgIpc) is 2.31. The Morgan fingerprint density at radius 2 is 2.06 bits per heavy atom. The highest BCUT2D eigenvalue weighted by molar-refractivity contribution is 9.10. The standard InChI is InChI=1S/C11H16BrClN2O2S/c1-2-6-14-7-8-18(16,17)15-10-5-3-4-9(13)11(10)12/h3-5,14-15H,2,6-8H2,1H3. The summed E-state index contributed by atoms with van der Waals surface area (Å²) in [6.45, 7) is 3.28. The van der Waals surface area contributed by atoms with Gasteiger partial charge in [0, 0.05) is 6.54 Å². The highest BCUT2D eigenvalue weighted by Crippen LogP contribution is 2.30. The fraction of sp³-hybridized carbons (Fsp3) is 0.455. The Morgan fingerprint density at radius 1 is 1.33 bits per heavy atom. The van der Waals surface area contributed by atoms with Gasteiger partial charge >= 0.3 is 0 Å². The van der Waals surface area contributed by atoms with Crippen LogP contribution in [0.3, 0.4) is 0 Å². The van der Waals surface area contributed by atoms with Crippen LogP contribution in [0.15, 0.2) is 22.7 Å². The van der Waals surface area contributed by atoms with Crippen LogP contribution < -0.4 is 10.0 Å². The van der Waals surface area contributed by atoms with Crippen LogP contribution in [0, 0.1) is 0 Å². The van der Waals surface area contributed by atoms with E-state index in [0.717, 1.165) is 13.0 Å². The summed E-state index contributed by atoms with van der Waals surface area (Å²) in [5.41, 5.74) is 0.456. The number of sulfonamides is 1. The van der Waals surface area contributed by atoms with Gasteiger partial charge in [-0.05, 0) is 41.0 Å². The van der Waals surface area contributed by atoms with E-state index < -0.39 is 10.0 Å². The molecule has 0 atom stereocenters. The van der Waals surface area contributed by atoms with Gasteiger partial charge in [0.05, 0.1) is 20.9 Å². The van der Waals surface area contributed by atoms with Crippen molar-refractivity contribution in [3.8, 4) is 0 Å².